The Morgan fingerprint density at radius 3 is 2.68 bits per heavy atom. The second-order valence-electron chi connectivity index (χ2n) is 4.81. The molecule has 0 aliphatic carbocycles. The van der Waals surface area contributed by atoms with Gasteiger partial charge in [-0.2, -0.15) is 0 Å². The molecule has 1 saturated heterocycles. The van der Waals surface area contributed by atoms with E-state index in [4.69, 9.17) is 0 Å². The third-order valence-electron chi connectivity index (χ3n) is 3.22. The summed E-state index contributed by atoms with van der Waals surface area (Å²) in [6.45, 7) is 3.10. The summed E-state index contributed by atoms with van der Waals surface area (Å²) in [6, 6.07) is 4.11. The van der Waals surface area contributed by atoms with E-state index < -0.39 is 23.2 Å². The Balaban J connectivity index is 2.56. The van der Waals surface area contributed by atoms with Crippen LogP contribution in [-0.4, -0.2) is 30.2 Å². The first-order chi connectivity index (χ1) is 8.87. The number of imide groups is 1. The van der Waals surface area contributed by atoms with Crippen LogP contribution in [0.25, 0.3) is 0 Å². The number of benzene rings is 1. The monoisotopic (exact) mass is 264 g/mol. The molecule has 0 spiro atoms. The second kappa shape index (κ2) is 4.46. The highest BCUT2D eigenvalue weighted by Gasteiger charge is 2.41. The van der Waals surface area contributed by atoms with Crippen molar-refractivity contribution >= 4 is 23.8 Å². The number of hydrogen-bond donors (Lipinski definition) is 1. The van der Waals surface area contributed by atoms with Gasteiger partial charge in [0.1, 0.15) is 11.4 Å². The fourth-order valence-electron chi connectivity index (χ4n) is 2.05. The van der Waals surface area contributed by atoms with E-state index in [1.165, 1.54) is 17.0 Å². The summed E-state index contributed by atoms with van der Waals surface area (Å²) < 4.78 is 13.6. The van der Waals surface area contributed by atoms with Crippen LogP contribution >= 0.6 is 0 Å². The molecule has 1 heterocycles. The number of rotatable bonds is 2. The zero-order chi connectivity index (χ0) is 14.2. The highest BCUT2D eigenvalue weighted by Crippen LogP contribution is 2.29. The van der Waals surface area contributed by atoms with Crippen molar-refractivity contribution in [3.05, 3.63) is 29.6 Å². The average Bonchev–Trinajstić information content (AvgIpc) is 2.34. The number of nitrogens with zero attached hydrogens (tertiary/aromatic N) is 1. The third-order valence-corrected chi connectivity index (χ3v) is 3.22. The summed E-state index contributed by atoms with van der Waals surface area (Å²) in [5, 5.41) is 2.22. The maximum atomic E-state index is 13.6. The smallest absolute Gasteiger partial charge is 0.251 e. The minimum atomic E-state index is -1.04. The van der Waals surface area contributed by atoms with Gasteiger partial charge in [0.15, 0.2) is 6.29 Å². The Labute approximate surface area is 109 Å². The average molecular weight is 264 g/mol. The Morgan fingerprint density at radius 2 is 2.05 bits per heavy atom. The van der Waals surface area contributed by atoms with Crippen molar-refractivity contribution in [3.63, 3.8) is 0 Å². The molecular formula is C13H13FN2O3. The van der Waals surface area contributed by atoms with E-state index in [-0.39, 0.29) is 17.8 Å². The van der Waals surface area contributed by atoms with Crippen molar-refractivity contribution in [2.75, 3.05) is 11.4 Å². The number of halogens is 1. The largest absolute Gasteiger partial charge is 0.347 e. The van der Waals surface area contributed by atoms with Crippen LogP contribution in [0.4, 0.5) is 10.1 Å². The van der Waals surface area contributed by atoms with Crippen molar-refractivity contribution in [2.24, 2.45) is 0 Å². The zero-order valence-electron chi connectivity index (χ0n) is 10.6. The first-order valence-corrected chi connectivity index (χ1v) is 5.73. The van der Waals surface area contributed by atoms with Gasteiger partial charge in [0.05, 0.1) is 17.8 Å². The van der Waals surface area contributed by atoms with Crippen LogP contribution in [0, 0.1) is 5.82 Å². The van der Waals surface area contributed by atoms with Crippen LogP contribution in [0.5, 0.6) is 0 Å². The lowest BCUT2D eigenvalue weighted by Crippen LogP contribution is -2.64. The topological polar surface area (TPSA) is 66.5 Å². The van der Waals surface area contributed by atoms with E-state index in [0.717, 1.165) is 6.07 Å². The SMILES string of the molecule is CC1(C)C(=O)NC(=O)CN1c1cccc(F)c1C=O. The van der Waals surface area contributed by atoms with Gasteiger partial charge < -0.3 is 4.90 Å². The molecule has 0 aromatic heterocycles. The van der Waals surface area contributed by atoms with Gasteiger partial charge in [-0.15, -0.1) is 0 Å². The molecular weight excluding hydrogens is 251 g/mol. The Hall–Kier alpha value is -2.24. The van der Waals surface area contributed by atoms with E-state index in [1.807, 2.05) is 0 Å². The standard InChI is InChI=1S/C13H13FN2O3/c1-13(2)12(19)15-11(18)6-16(13)10-5-3-4-9(14)8(10)7-17/h3-5,7H,6H2,1-2H3,(H,15,18,19). The highest BCUT2D eigenvalue weighted by atomic mass is 19.1. The van der Waals surface area contributed by atoms with E-state index >= 15 is 0 Å². The minimum Gasteiger partial charge on any atom is -0.347 e. The molecule has 0 atom stereocenters. The molecule has 6 heteroatoms. The van der Waals surface area contributed by atoms with Gasteiger partial charge in [-0.25, -0.2) is 4.39 Å². The molecule has 2 rings (SSSR count). The van der Waals surface area contributed by atoms with Crippen molar-refractivity contribution in [2.45, 2.75) is 19.4 Å². The molecule has 0 radical (unpaired) electrons. The summed E-state index contributed by atoms with van der Waals surface area (Å²) in [5.74, 6) is -1.64. The van der Waals surface area contributed by atoms with Gasteiger partial charge in [-0.05, 0) is 26.0 Å². The second-order valence-corrected chi connectivity index (χ2v) is 4.81. The number of anilines is 1. The van der Waals surface area contributed by atoms with Crippen LogP contribution in [0.2, 0.25) is 0 Å². The molecule has 100 valence electrons. The lowest BCUT2D eigenvalue weighted by Gasteiger charge is -2.42. The first-order valence-electron chi connectivity index (χ1n) is 5.73. The third kappa shape index (κ3) is 2.09. The number of carbonyl (C=O) groups is 3. The van der Waals surface area contributed by atoms with E-state index in [1.54, 1.807) is 13.8 Å². The molecule has 1 N–H and O–H groups in total. The number of amides is 2. The zero-order valence-corrected chi connectivity index (χ0v) is 10.6. The molecule has 2 amide bonds. The van der Waals surface area contributed by atoms with Crippen LogP contribution in [0.1, 0.15) is 24.2 Å². The Morgan fingerprint density at radius 1 is 1.37 bits per heavy atom. The summed E-state index contributed by atoms with van der Waals surface area (Å²) in [7, 11) is 0. The van der Waals surface area contributed by atoms with Gasteiger partial charge in [0.25, 0.3) is 5.91 Å². The molecule has 1 fully saturated rings. The molecule has 1 aliphatic rings. The summed E-state index contributed by atoms with van der Waals surface area (Å²) in [5.41, 5.74) is -0.958. The van der Waals surface area contributed by atoms with Gasteiger partial charge >= 0.3 is 0 Å². The minimum absolute atomic E-state index is 0.108. The predicted octanol–water partition coefficient (Wildman–Crippen LogP) is 0.880. The van der Waals surface area contributed by atoms with Crippen molar-refractivity contribution < 1.29 is 18.8 Å². The van der Waals surface area contributed by atoms with Crippen molar-refractivity contribution in [1.29, 1.82) is 0 Å². The van der Waals surface area contributed by atoms with Gasteiger partial charge in [0, 0.05) is 0 Å². The fraction of sp³-hybridized carbons (Fsp3) is 0.308. The molecule has 0 bridgehead atoms. The maximum absolute atomic E-state index is 13.6. The number of carbonyl (C=O) groups excluding carboxylic acids is 3. The predicted molar refractivity (Wildman–Crippen MR) is 66.4 cm³/mol. The Kier molecular flexibility index (Phi) is 3.09. The first kappa shape index (κ1) is 13.2. The van der Waals surface area contributed by atoms with Gasteiger partial charge in [-0.3, -0.25) is 19.7 Å². The fourth-order valence-corrected chi connectivity index (χ4v) is 2.05. The molecule has 19 heavy (non-hydrogen) atoms. The lowest BCUT2D eigenvalue weighted by atomic mass is 9.96. The molecule has 5 nitrogen and oxygen atoms in total. The molecule has 0 unspecified atom stereocenters. The molecule has 1 aliphatic heterocycles. The highest BCUT2D eigenvalue weighted by molar-refractivity contribution is 6.07. The quantitative estimate of drug-likeness (QED) is 0.636. The Bertz CT molecular complexity index is 569. The molecule has 1 aromatic rings. The van der Waals surface area contributed by atoms with Gasteiger partial charge in [-0.1, -0.05) is 6.07 Å². The lowest BCUT2D eigenvalue weighted by molar-refractivity contribution is -0.135. The van der Waals surface area contributed by atoms with Crippen molar-refractivity contribution in [3.8, 4) is 0 Å². The van der Waals surface area contributed by atoms with Crippen LogP contribution in [0.15, 0.2) is 18.2 Å². The van der Waals surface area contributed by atoms with E-state index in [0.29, 0.717) is 6.29 Å². The normalized spacial score (nSPS) is 18.2. The van der Waals surface area contributed by atoms with E-state index in [2.05, 4.69) is 5.32 Å². The number of aldehydes is 1. The van der Waals surface area contributed by atoms with Gasteiger partial charge in [0.2, 0.25) is 5.91 Å². The summed E-state index contributed by atoms with van der Waals surface area (Å²) in [4.78, 5) is 35.8. The number of hydrogen-bond acceptors (Lipinski definition) is 4. The van der Waals surface area contributed by atoms with E-state index in [9.17, 15) is 18.8 Å². The van der Waals surface area contributed by atoms with Crippen LogP contribution < -0.4 is 10.2 Å². The van der Waals surface area contributed by atoms with Crippen LogP contribution in [0.3, 0.4) is 0 Å². The van der Waals surface area contributed by atoms with Crippen LogP contribution in [-0.2, 0) is 9.59 Å². The maximum Gasteiger partial charge on any atom is 0.251 e. The summed E-state index contributed by atoms with van der Waals surface area (Å²) in [6.07, 6.45) is 0.387. The summed E-state index contributed by atoms with van der Waals surface area (Å²) >= 11 is 0. The number of piperazine rings is 1. The molecule has 0 saturated carbocycles. The molecule has 1 aromatic carbocycles. The van der Waals surface area contributed by atoms with Crippen molar-refractivity contribution in [1.82, 2.24) is 5.32 Å². The number of nitrogens with one attached hydrogen (secondary N) is 1.